The zero-order valence-electron chi connectivity index (χ0n) is 12.7. The van der Waals surface area contributed by atoms with Gasteiger partial charge in [0.1, 0.15) is 0 Å². The van der Waals surface area contributed by atoms with Gasteiger partial charge in [-0.05, 0) is 50.3 Å². The Kier molecular flexibility index (Phi) is 5.18. The van der Waals surface area contributed by atoms with Crippen LogP contribution in [-0.2, 0) is 16.6 Å². The quantitative estimate of drug-likeness (QED) is 0.782. The van der Waals surface area contributed by atoms with E-state index in [2.05, 4.69) is 42.7 Å². The van der Waals surface area contributed by atoms with Gasteiger partial charge in [-0.25, -0.2) is 0 Å². The molecule has 3 heteroatoms. The topological polar surface area (TPSA) is 41.1 Å². The second-order valence-corrected chi connectivity index (χ2v) is 5.85. The number of benzene rings is 1. The fourth-order valence-electron chi connectivity index (χ4n) is 3.04. The van der Waals surface area contributed by atoms with E-state index in [0.29, 0.717) is 6.54 Å². The highest BCUT2D eigenvalue weighted by Crippen LogP contribution is 2.37. The van der Waals surface area contributed by atoms with Gasteiger partial charge in [-0.2, -0.15) is 0 Å². The predicted molar refractivity (Wildman–Crippen MR) is 82.9 cm³/mol. The first-order chi connectivity index (χ1) is 9.68. The number of amides is 1. The van der Waals surface area contributed by atoms with Crippen LogP contribution in [0.1, 0.15) is 44.2 Å². The van der Waals surface area contributed by atoms with Gasteiger partial charge in [0.25, 0.3) is 0 Å². The average Bonchev–Trinajstić information content (AvgIpc) is 2.47. The molecular weight excluding hydrogens is 248 g/mol. The number of carbonyl (C=O) groups is 1. The molecule has 0 radical (unpaired) electrons. The highest BCUT2D eigenvalue weighted by Gasteiger charge is 2.38. The fraction of sp³-hybridized carbons (Fsp3) is 0.588. The van der Waals surface area contributed by atoms with Crippen molar-refractivity contribution >= 4 is 5.91 Å². The van der Waals surface area contributed by atoms with Gasteiger partial charge in [-0.15, -0.1) is 0 Å². The van der Waals surface area contributed by atoms with E-state index >= 15 is 0 Å². The van der Waals surface area contributed by atoms with Crippen molar-refractivity contribution in [3.05, 3.63) is 35.4 Å². The number of aryl methyl sites for hydroxylation is 1. The maximum atomic E-state index is 12.6. The summed E-state index contributed by atoms with van der Waals surface area (Å²) in [5, 5.41) is 6.40. The zero-order chi connectivity index (χ0) is 14.4. The van der Waals surface area contributed by atoms with Crippen LogP contribution in [0.5, 0.6) is 0 Å². The smallest absolute Gasteiger partial charge is 0.230 e. The van der Waals surface area contributed by atoms with E-state index in [0.717, 1.165) is 38.8 Å². The Hall–Kier alpha value is -1.35. The summed E-state index contributed by atoms with van der Waals surface area (Å²) in [5.41, 5.74) is 2.19. The first-order valence-corrected chi connectivity index (χ1v) is 7.76. The Balaban J connectivity index is 1.98. The van der Waals surface area contributed by atoms with E-state index < -0.39 is 0 Å². The molecule has 1 aliphatic carbocycles. The van der Waals surface area contributed by atoms with E-state index in [4.69, 9.17) is 0 Å². The Morgan fingerprint density at radius 3 is 2.85 bits per heavy atom. The summed E-state index contributed by atoms with van der Waals surface area (Å²) in [6, 6.07) is 8.38. The van der Waals surface area contributed by atoms with Crippen molar-refractivity contribution in [2.24, 2.45) is 0 Å². The Morgan fingerprint density at radius 1 is 1.25 bits per heavy atom. The van der Waals surface area contributed by atoms with Crippen LogP contribution in [0, 0.1) is 0 Å². The molecule has 3 nitrogen and oxygen atoms in total. The molecular formula is C17H26N2O. The van der Waals surface area contributed by atoms with Crippen LogP contribution in [-0.4, -0.2) is 25.5 Å². The van der Waals surface area contributed by atoms with Crippen molar-refractivity contribution in [2.75, 3.05) is 19.6 Å². The minimum absolute atomic E-state index is 0.169. The van der Waals surface area contributed by atoms with Crippen molar-refractivity contribution in [3.8, 4) is 0 Å². The summed E-state index contributed by atoms with van der Waals surface area (Å²) >= 11 is 0. The van der Waals surface area contributed by atoms with Gasteiger partial charge >= 0.3 is 0 Å². The molecule has 1 aromatic carbocycles. The van der Waals surface area contributed by atoms with E-state index in [1.807, 2.05) is 6.07 Å². The minimum Gasteiger partial charge on any atom is -0.354 e. The summed E-state index contributed by atoms with van der Waals surface area (Å²) in [6.07, 6.45) is 4.25. The monoisotopic (exact) mass is 274 g/mol. The van der Waals surface area contributed by atoms with Gasteiger partial charge in [0.05, 0.1) is 5.41 Å². The summed E-state index contributed by atoms with van der Waals surface area (Å²) in [4.78, 5) is 12.6. The van der Waals surface area contributed by atoms with E-state index in [1.165, 1.54) is 11.1 Å². The number of rotatable bonds is 6. The lowest BCUT2D eigenvalue weighted by Gasteiger charge is -2.34. The molecule has 0 heterocycles. The van der Waals surface area contributed by atoms with Gasteiger partial charge in [-0.1, -0.05) is 31.2 Å². The highest BCUT2D eigenvalue weighted by atomic mass is 16.2. The van der Waals surface area contributed by atoms with E-state index in [-0.39, 0.29) is 11.3 Å². The van der Waals surface area contributed by atoms with Gasteiger partial charge < -0.3 is 10.6 Å². The SMILES string of the molecule is CCCNCCNC(=O)C1(C)CCCc2ccccc21. The zero-order valence-corrected chi connectivity index (χ0v) is 12.7. The van der Waals surface area contributed by atoms with Crippen LogP contribution >= 0.6 is 0 Å². The Bertz CT molecular complexity index is 458. The molecule has 0 aliphatic heterocycles. The molecule has 1 amide bonds. The summed E-state index contributed by atoms with van der Waals surface area (Å²) < 4.78 is 0. The number of fused-ring (bicyclic) bond motifs is 1. The summed E-state index contributed by atoms with van der Waals surface area (Å²) in [6.45, 7) is 6.79. The van der Waals surface area contributed by atoms with Crippen molar-refractivity contribution in [1.82, 2.24) is 10.6 Å². The lowest BCUT2D eigenvalue weighted by atomic mass is 9.70. The van der Waals surface area contributed by atoms with E-state index in [1.54, 1.807) is 0 Å². The summed E-state index contributed by atoms with van der Waals surface area (Å²) in [7, 11) is 0. The van der Waals surface area contributed by atoms with Crippen LogP contribution in [0.4, 0.5) is 0 Å². The third kappa shape index (κ3) is 3.21. The van der Waals surface area contributed by atoms with Gasteiger partial charge in [0.2, 0.25) is 5.91 Å². The number of hydrogen-bond donors (Lipinski definition) is 2. The highest BCUT2D eigenvalue weighted by molar-refractivity contribution is 5.88. The summed E-state index contributed by atoms with van der Waals surface area (Å²) in [5.74, 6) is 0.169. The number of carbonyl (C=O) groups excluding carboxylic acids is 1. The molecule has 1 atom stereocenters. The van der Waals surface area contributed by atoms with Crippen molar-refractivity contribution in [3.63, 3.8) is 0 Å². The largest absolute Gasteiger partial charge is 0.354 e. The Labute approximate surface area is 122 Å². The molecule has 1 unspecified atom stereocenters. The molecule has 2 rings (SSSR count). The van der Waals surface area contributed by atoms with Gasteiger partial charge in [-0.3, -0.25) is 4.79 Å². The molecule has 0 bridgehead atoms. The third-order valence-corrected chi connectivity index (χ3v) is 4.25. The van der Waals surface area contributed by atoms with Crippen molar-refractivity contribution in [1.29, 1.82) is 0 Å². The van der Waals surface area contributed by atoms with Crippen LogP contribution in [0.15, 0.2) is 24.3 Å². The molecule has 20 heavy (non-hydrogen) atoms. The van der Waals surface area contributed by atoms with Gasteiger partial charge in [0.15, 0.2) is 0 Å². The predicted octanol–water partition coefficient (Wildman–Crippen LogP) is 2.40. The van der Waals surface area contributed by atoms with Crippen LogP contribution in [0.25, 0.3) is 0 Å². The molecule has 0 spiro atoms. The lowest BCUT2D eigenvalue weighted by molar-refractivity contribution is -0.126. The average molecular weight is 274 g/mol. The standard InChI is InChI=1S/C17H26N2O/c1-3-11-18-12-13-19-16(20)17(2)10-6-8-14-7-4-5-9-15(14)17/h4-5,7,9,18H,3,6,8,10-13H2,1-2H3,(H,19,20). The second-order valence-electron chi connectivity index (χ2n) is 5.85. The normalized spacial score (nSPS) is 21.3. The van der Waals surface area contributed by atoms with Crippen LogP contribution in [0.3, 0.4) is 0 Å². The maximum absolute atomic E-state index is 12.6. The molecule has 110 valence electrons. The van der Waals surface area contributed by atoms with Gasteiger partial charge in [0, 0.05) is 13.1 Å². The first kappa shape index (κ1) is 15.0. The molecule has 2 N–H and O–H groups in total. The fourth-order valence-corrected chi connectivity index (χ4v) is 3.04. The van der Waals surface area contributed by atoms with E-state index in [9.17, 15) is 4.79 Å². The molecule has 0 saturated heterocycles. The van der Waals surface area contributed by atoms with Crippen molar-refractivity contribution in [2.45, 2.75) is 44.9 Å². The third-order valence-electron chi connectivity index (χ3n) is 4.25. The number of nitrogens with one attached hydrogen (secondary N) is 2. The van der Waals surface area contributed by atoms with Crippen LogP contribution in [0.2, 0.25) is 0 Å². The van der Waals surface area contributed by atoms with Crippen molar-refractivity contribution < 1.29 is 4.79 Å². The molecule has 1 aliphatic rings. The molecule has 0 aromatic heterocycles. The lowest BCUT2D eigenvalue weighted by Crippen LogP contribution is -2.46. The maximum Gasteiger partial charge on any atom is 0.230 e. The molecule has 1 aromatic rings. The Morgan fingerprint density at radius 2 is 2.05 bits per heavy atom. The second kappa shape index (κ2) is 6.89. The molecule has 0 fully saturated rings. The number of hydrogen-bond acceptors (Lipinski definition) is 2. The molecule has 0 saturated carbocycles. The minimum atomic E-state index is -0.362. The first-order valence-electron chi connectivity index (χ1n) is 7.76. The van der Waals surface area contributed by atoms with Crippen LogP contribution < -0.4 is 10.6 Å².